The molecule has 0 amide bonds. The zero-order valence-corrected chi connectivity index (χ0v) is 11.0. The molecule has 1 aliphatic rings. The molecule has 0 saturated heterocycles. The molecule has 0 aliphatic heterocycles. The molecular formula is C13H18BrNO. The van der Waals surface area contributed by atoms with E-state index in [1.54, 1.807) is 0 Å². The van der Waals surface area contributed by atoms with Crippen LogP contribution in [0.4, 0.5) is 0 Å². The highest BCUT2D eigenvalue weighted by molar-refractivity contribution is 9.10. The molecule has 3 heteroatoms. The van der Waals surface area contributed by atoms with Crippen molar-refractivity contribution in [1.82, 2.24) is 4.98 Å². The summed E-state index contributed by atoms with van der Waals surface area (Å²) in [5.74, 6) is 0.537. The summed E-state index contributed by atoms with van der Waals surface area (Å²) in [6.07, 6.45) is 8.40. The van der Waals surface area contributed by atoms with Crippen molar-refractivity contribution in [3.8, 4) is 0 Å². The van der Waals surface area contributed by atoms with Crippen LogP contribution in [0.3, 0.4) is 0 Å². The van der Waals surface area contributed by atoms with Crippen LogP contribution in [-0.2, 0) is 6.42 Å². The van der Waals surface area contributed by atoms with Crippen molar-refractivity contribution < 1.29 is 5.11 Å². The van der Waals surface area contributed by atoms with E-state index < -0.39 is 0 Å². The summed E-state index contributed by atoms with van der Waals surface area (Å²) in [7, 11) is 0. The molecular weight excluding hydrogens is 266 g/mol. The lowest BCUT2D eigenvalue weighted by Crippen LogP contribution is -2.18. The molecule has 88 valence electrons. The number of nitrogens with zero attached hydrogens (tertiary/aromatic N) is 1. The number of halogens is 1. The third-order valence-electron chi connectivity index (χ3n) is 3.43. The van der Waals surface area contributed by atoms with Gasteiger partial charge in [0, 0.05) is 16.4 Å². The first-order chi connectivity index (χ1) is 7.75. The van der Waals surface area contributed by atoms with E-state index in [4.69, 9.17) is 0 Å². The van der Waals surface area contributed by atoms with Crippen LogP contribution in [0.5, 0.6) is 0 Å². The van der Waals surface area contributed by atoms with Gasteiger partial charge in [0.05, 0.1) is 6.10 Å². The third kappa shape index (κ3) is 3.29. The van der Waals surface area contributed by atoms with Gasteiger partial charge in [-0.05, 0) is 59.7 Å². The van der Waals surface area contributed by atoms with Gasteiger partial charge < -0.3 is 5.11 Å². The molecule has 0 bridgehead atoms. The van der Waals surface area contributed by atoms with E-state index in [0.29, 0.717) is 5.92 Å². The zero-order valence-electron chi connectivity index (χ0n) is 9.40. The molecule has 0 aromatic carbocycles. The fourth-order valence-corrected chi connectivity index (χ4v) is 2.66. The van der Waals surface area contributed by atoms with Gasteiger partial charge in [0.25, 0.3) is 0 Å². The fourth-order valence-electron chi connectivity index (χ4n) is 2.43. The maximum Gasteiger partial charge on any atom is 0.0572 e. The Labute approximate surface area is 105 Å². The van der Waals surface area contributed by atoms with Crippen LogP contribution in [0.2, 0.25) is 0 Å². The van der Waals surface area contributed by atoms with E-state index >= 15 is 0 Å². The van der Waals surface area contributed by atoms with Crippen LogP contribution < -0.4 is 0 Å². The van der Waals surface area contributed by atoms with Crippen molar-refractivity contribution in [1.29, 1.82) is 0 Å². The van der Waals surface area contributed by atoms with E-state index in [2.05, 4.69) is 20.9 Å². The SMILES string of the molecule is OC(CCc1ccc(Br)cn1)C1CCCC1. The largest absolute Gasteiger partial charge is 0.393 e. The Hall–Kier alpha value is -0.410. The first-order valence-corrected chi connectivity index (χ1v) is 6.83. The van der Waals surface area contributed by atoms with Crippen molar-refractivity contribution in [2.24, 2.45) is 5.92 Å². The van der Waals surface area contributed by atoms with Gasteiger partial charge in [-0.1, -0.05) is 12.8 Å². The van der Waals surface area contributed by atoms with Crippen molar-refractivity contribution in [3.05, 3.63) is 28.5 Å². The number of hydrogen-bond donors (Lipinski definition) is 1. The smallest absolute Gasteiger partial charge is 0.0572 e. The van der Waals surface area contributed by atoms with E-state index in [1.165, 1.54) is 25.7 Å². The lowest BCUT2D eigenvalue weighted by molar-refractivity contribution is 0.102. The van der Waals surface area contributed by atoms with E-state index in [-0.39, 0.29) is 6.10 Å². The monoisotopic (exact) mass is 283 g/mol. The highest BCUT2D eigenvalue weighted by atomic mass is 79.9. The lowest BCUT2D eigenvalue weighted by Gasteiger charge is -2.17. The number of hydrogen-bond acceptors (Lipinski definition) is 2. The summed E-state index contributed by atoms with van der Waals surface area (Å²) in [5.41, 5.74) is 1.07. The Bertz CT molecular complexity index is 319. The Kier molecular flexibility index (Phi) is 4.36. The number of aryl methyl sites for hydroxylation is 1. The van der Waals surface area contributed by atoms with Gasteiger partial charge in [-0.3, -0.25) is 4.98 Å². The van der Waals surface area contributed by atoms with Gasteiger partial charge >= 0.3 is 0 Å². The molecule has 1 atom stereocenters. The van der Waals surface area contributed by atoms with Crippen molar-refractivity contribution in [2.45, 2.75) is 44.6 Å². The first kappa shape index (κ1) is 12.1. The molecule has 1 aromatic rings. The lowest BCUT2D eigenvalue weighted by atomic mass is 9.96. The van der Waals surface area contributed by atoms with Crippen LogP contribution in [0.15, 0.2) is 22.8 Å². The minimum atomic E-state index is -0.132. The first-order valence-electron chi connectivity index (χ1n) is 6.04. The number of rotatable bonds is 4. The highest BCUT2D eigenvalue weighted by Crippen LogP contribution is 2.29. The predicted octanol–water partition coefficient (Wildman–Crippen LogP) is 3.33. The van der Waals surface area contributed by atoms with Crippen molar-refractivity contribution in [2.75, 3.05) is 0 Å². The average molecular weight is 284 g/mol. The van der Waals surface area contributed by atoms with Crippen molar-refractivity contribution >= 4 is 15.9 Å². The van der Waals surface area contributed by atoms with Crippen LogP contribution in [0, 0.1) is 5.92 Å². The van der Waals surface area contributed by atoms with Gasteiger partial charge in [-0.15, -0.1) is 0 Å². The molecule has 1 aliphatic carbocycles. The number of aliphatic hydroxyl groups is 1. The molecule has 1 saturated carbocycles. The van der Waals surface area contributed by atoms with Gasteiger partial charge in [-0.2, -0.15) is 0 Å². The predicted molar refractivity (Wildman–Crippen MR) is 68.2 cm³/mol. The van der Waals surface area contributed by atoms with Gasteiger partial charge in [-0.25, -0.2) is 0 Å². The van der Waals surface area contributed by atoms with Gasteiger partial charge in [0.1, 0.15) is 0 Å². The Morgan fingerprint density at radius 1 is 1.38 bits per heavy atom. The van der Waals surface area contributed by atoms with Crippen LogP contribution in [-0.4, -0.2) is 16.2 Å². The molecule has 1 heterocycles. The highest BCUT2D eigenvalue weighted by Gasteiger charge is 2.22. The fraction of sp³-hybridized carbons (Fsp3) is 0.615. The summed E-state index contributed by atoms with van der Waals surface area (Å²) < 4.78 is 1.01. The molecule has 0 radical (unpaired) electrons. The average Bonchev–Trinajstić information content (AvgIpc) is 2.81. The van der Waals surface area contributed by atoms with E-state index in [1.807, 2.05) is 18.3 Å². The van der Waals surface area contributed by atoms with E-state index in [0.717, 1.165) is 23.0 Å². The third-order valence-corrected chi connectivity index (χ3v) is 3.90. The van der Waals surface area contributed by atoms with Gasteiger partial charge in [0.2, 0.25) is 0 Å². The van der Waals surface area contributed by atoms with Crippen LogP contribution in [0.25, 0.3) is 0 Å². The molecule has 1 fully saturated rings. The maximum absolute atomic E-state index is 10.0. The quantitative estimate of drug-likeness (QED) is 0.920. The molecule has 2 nitrogen and oxygen atoms in total. The molecule has 16 heavy (non-hydrogen) atoms. The minimum Gasteiger partial charge on any atom is -0.393 e. The summed E-state index contributed by atoms with van der Waals surface area (Å²) in [6.45, 7) is 0. The molecule has 1 unspecified atom stereocenters. The second-order valence-electron chi connectivity index (χ2n) is 4.62. The Balaban J connectivity index is 1.80. The Morgan fingerprint density at radius 3 is 2.75 bits per heavy atom. The Morgan fingerprint density at radius 2 is 2.12 bits per heavy atom. The second-order valence-corrected chi connectivity index (χ2v) is 5.53. The standard InChI is InChI=1S/C13H18BrNO/c14-11-5-6-12(15-9-11)7-8-13(16)10-3-1-2-4-10/h5-6,9-10,13,16H,1-4,7-8H2. The zero-order chi connectivity index (χ0) is 11.4. The number of aromatic nitrogens is 1. The molecule has 0 spiro atoms. The van der Waals surface area contributed by atoms with Crippen LogP contribution >= 0.6 is 15.9 Å². The summed E-state index contributed by atoms with van der Waals surface area (Å²) in [5, 5.41) is 10.0. The molecule has 2 rings (SSSR count). The second kappa shape index (κ2) is 5.78. The summed E-state index contributed by atoms with van der Waals surface area (Å²) in [4.78, 5) is 4.32. The van der Waals surface area contributed by atoms with Crippen LogP contribution in [0.1, 0.15) is 37.8 Å². The minimum absolute atomic E-state index is 0.132. The topological polar surface area (TPSA) is 33.1 Å². The molecule has 1 N–H and O–H groups in total. The molecule has 1 aromatic heterocycles. The number of pyridine rings is 1. The van der Waals surface area contributed by atoms with Gasteiger partial charge in [0.15, 0.2) is 0 Å². The summed E-state index contributed by atoms with van der Waals surface area (Å²) in [6, 6.07) is 4.02. The number of aliphatic hydroxyl groups excluding tert-OH is 1. The summed E-state index contributed by atoms with van der Waals surface area (Å²) >= 11 is 3.37. The van der Waals surface area contributed by atoms with Crippen molar-refractivity contribution in [3.63, 3.8) is 0 Å². The normalized spacial score (nSPS) is 18.9. The van der Waals surface area contributed by atoms with E-state index in [9.17, 15) is 5.11 Å². The maximum atomic E-state index is 10.0.